The fourth-order valence-electron chi connectivity index (χ4n) is 18.9. The normalized spacial score (nSPS) is 20.7. The first kappa shape index (κ1) is 116. The van der Waals surface area contributed by atoms with Crippen LogP contribution in [0.5, 0.6) is 0 Å². The van der Waals surface area contributed by atoms with Crippen LogP contribution in [0.25, 0.3) is 0 Å². The van der Waals surface area contributed by atoms with Crippen LogP contribution in [0, 0.1) is 50.2 Å². The number of esters is 2. The number of carboxylic acid groups (broad SMARTS) is 2. The van der Waals surface area contributed by atoms with Crippen LogP contribution >= 0.6 is 82.0 Å². The third kappa shape index (κ3) is 31.0. The second-order valence-electron chi connectivity index (χ2n) is 42.9. The smallest absolute Gasteiger partial charge is 0.870 e. The van der Waals surface area contributed by atoms with Crippen molar-refractivity contribution in [2.24, 2.45) is 71.0 Å². The SMILES string of the molecule is CC(C)(C)CC[C@H](c1ccc(C(=O)NCC(=O)O)cc1)N1C(=O)C(c2cc(Cl)cc(Cl)c2)=NC12CCC(C(C)(C)C)CC2.CC(C)(C)CC[C@H](c1ccc(C(=O)O)cc1)N1C(=O)C(c2cc(Cl)cc(Cl)c2)=NC12CCC(C(C)(C)C)CC2.COC(=O)CN.COC(=O)CNC(=O)c1ccc([C@@H](CCC(C)(C)C)N2C(=O)C(c3cc(Cl)cc(Cl)c3)=NC23CCC(C(C)(C)C)CC3)cc1.Cl.[Na+].[OH-]. The summed E-state index contributed by atoms with van der Waals surface area (Å²) in [5.41, 5.74) is 10.2. The van der Waals surface area contributed by atoms with Crippen LogP contribution in [0.3, 0.4) is 0 Å². The molecule has 12 rings (SSSR count). The van der Waals surface area contributed by atoms with Crippen molar-refractivity contribution >= 4 is 153 Å². The molecule has 6 aromatic rings. The zero-order valence-electron chi connectivity index (χ0n) is 82.2. The summed E-state index contributed by atoms with van der Waals surface area (Å²) in [5, 5.41) is 26.1. The Kier molecular flexibility index (Phi) is 41.4. The number of aliphatic carboxylic acids is 1. The Morgan fingerprint density at radius 3 is 0.844 bits per heavy atom. The Hall–Kier alpha value is -7.49. The standard InChI is InChI=1S/C35H45Cl2N3O4.C34H43Cl2N3O4.C32H40Cl2N2O3.C3H7NO2.ClH.Na.H2O/c1-33(2,3)15-14-28(22-8-10-23(11-9-22)31(42)38-21-29(41)44-7)40-32(43)30(24-18-26(36)20-27(37)19-24)39-35(40)16-12-25(13-17-35)34(4,5)6;1-32(2,3)14-13-27(21-7-9-22(10-8-21)30(42)37-20-28(40)41)39-31(43)29(23-17-25(35)19-26(36)18-23)38-34(39)15-11-24(12-16-34)33(4,5)6;1-30(2,3)14-13-26(20-7-9-21(10-8-20)29(38)39)36-28(37)27(22-17-24(33)19-25(34)18-22)35-32(36)15-11-23(12-16-32)31(4,5)6;1-6-3(5)2-4;;;/h8-11,18-20,25,28H,12-17,21H2,1-7H3,(H,38,42);7-10,17-19,24,27H,11-16,20H2,1-6H3,(H,37,42)(H,40,41);7-10,17-19,23,26H,11-16H2,1-6H3,(H,38,39);2,4H2,1H3;1H;;1H2/q;;;;;+1;/p-1/t25?,28-,35?;24?,27-,34?;23?,26-,32?;;;;/m111..../s1. The van der Waals surface area contributed by atoms with Gasteiger partial charge in [0.25, 0.3) is 29.5 Å². The predicted octanol–water partition coefficient (Wildman–Crippen LogP) is 21.2. The Balaban J connectivity index is 0.000000299. The Bertz CT molecular complexity index is 5190. The van der Waals surface area contributed by atoms with Gasteiger partial charge in [-0.25, -0.2) is 4.79 Å². The first-order valence-electron chi connectivity index (χ1n) is 45.8. The fraction of sp³-hybridized carbons (Fsp3) is 0.538. The average molecular weight is 2010 g/mol. The Labute approximate surface area is 856 Å². The number of amides is 5. The molecule has 0 saturated heterocycles. The molecule has 7 N–H and O–H groups in total. The zero-order chi connectivity index (χ0) is 97.9. The molecule has 3 aliphatic carbocycles. The second kappa shape index (κ2) is 48.1. The van der Waals surface area contributed by atoms with E-state index < -0.39 is 47.3 Å². The van der Waals surface area contributed by atoms with Crippen LogP contribution in [-0.2, 0) is 38.2 Å². The first-order chi connectivity index (χ1) is 61.4. The molecule has 6 aliphatic rings. The maximum absolute atomic E-state index is 14.6. The molecule has 3 spiro atoms. The molecule has 31 heteroatoms. The minimum atomic E-state index is -1.11. The van der Waals surface area contributed by atoms with E-state index in [1.807, 2.05) is 51.1 Å². The summed E-state index contributed by atoms with van der Waals surface area (Å²) in [4.78, 5) is 134. The number of aliphatic imine (C=N–C) groups is 3. The number of benzene rings is 6. The van der Waals surface area contributed by atoms with Gasteiger partial charge in [0.1, 0.15) is 47.2 Å². The van der Waals surface area contributed by atoms with Crippen molar-refractivity contribution in [3.05, 3.63) is 208 Å². The van der Waals surface area contributed by atoms with E-state index in [9.17, 15) is 48.3 Å². The molecule has 3 aliphatic heterocycles. The fourth-order valence-corrected chi connectivity index (χ4v) is 20.5. The number of hydrogen-bond acceptors (Lipinski definition) is 16. The molecule has 0 aromatic heterocycles. The predicted molar refractivity (Wildman–Crippen MR) is 537 cm³/mol. The number of nitrogens with two attached hydrogens (primary N) is 1. The van der Waals surface area contributed by atoms with Gasteiger partial charge in [-0.05, 0) is 274 Å². The number of ether oxygens (including phenoxy) is 2. The molecule has 0 bridgehead atoms. The van der Waals surface area contributed by atoms with E-state index in [0.29, 0.717) is 99.3 Å². The van der Waals surface area contributed by atoms with Crippen molar-refractivity contribution in [2.75, 3.05) is 33.9 Å². The molecule has 135 heavy (non-hydrogen) atoms. The van der Waals surface area contributed by atoms with Crippen molar-refractivity contribution in [3.63, 3.8) is 0 Å². The summed E-state index contributed by atoms with van der Waals surface area (Å²) in [6.45, 7) is 39.6. The van der Waals surface area contributed by atoms with Gasteiger partial charge in [-0.3, -0.25) is 53.3 Å². The summed E-state index contributed by atoms with van der Waals surface area (Å²) < 4.78 is 8.76. The van der Waals surface area contributed by atoms with E-state index >= 15 is 0 Å². The van der Waals surface area contributed by atoms with Crippen LogP contribution in [0.1, 0.15) is 323 Å². The van der Waals surface area contributed by atoms with Gasteiger partial charge in [-0.2, -0.15) is 0 Å². The van der Waals surface area contributed by atoms with Gasteiger partial charge in [0.15, 0.2) is 0 Å². The molecule has 6 aromatic carbocycles. The summed E-state index contributed by atoms with van der Waals surface area (Å²) in [6, 6.07) is 36.1. The van der Waals surface area contributed by atoms with Gasteiger partial charge in [-0.1, -0.05) is 231 Å². The molecule has 3 fully saturated rings. The van der Waals surface area contributed by atoms with Crippen LogP contribution < -0.4 is 45.9 Å². The van der Waals surface area contributed by atoms with Gasteiger partial charge < -0.3 is 56.2 Å². The van der Waals surface area contributed by atoms with Gasteiger partial charge >= 0.3 is 53.4 Å². The molecule has 23 nitrogen and oxygen atoms in total. The van der Waals surface area contributed by atoms with Crippen molar-refractivity contribution in [2.45, 2.75) is 275 Å². The maximum Gasteiger partial charge on any atom is 1.00 e. The largest absolute Gasteiger partial charge is 1.00 e. The first-order valence-corrected chi connectivity index (χ1v) is 48.0. The number of hydrogen-bond donors (Lipinski definition) is 5. The molecular formula is C104H137Cl7N9NaO14. The van der Waals surface area contributed by atoms with E-state index in [1.54, 1.807) is 91.0 Å². The monoisotopic (exact) mass is 2000 g/mol. The van der Waals surface area contributed by atoms with Gasteiger partial charge in [0, 0.05) is 58.0 Å². The van der Waals surface area contributed by atoms with Crippen LogP contribution in [0.4, 0.5) is 0 Å². The minimum absolute atomic E-state index is 0. The van der Waals surface area contributed by atoms with Gasteiger partial charge in [-0.15, -0.1) is 12.4 Å². The molecule has 3 heterocycles. The molecule has 732 valence electrons. The van der Waals surface area contributed by atoms with Crippen molar-refractivity contribution in [3.8, 4) is 0 Å². The number of nitrogens with zero attached hydrogens (tertiary/aromatic N) is 6. The molecule has 3 saturated carbocycles. The molecule has 3 atom stereocenters. The van der Waals surface area contributed by atoms with Crippen LogP contribution in [0.2, 0.25) is 30.1 Å². The van der Waals surface area contributed by atoms with Crippen LogP contribution in [-0.4, -0.2) is 152 Å². The molecule has 0 unspecified atom stereocenters. The number of rotatable bonds is 23. The van der Waals surface area contributed by atoms with Crippen LogP contribution in [0.15, 0.2) is 142 Å². The molecule has 0 radical (unpaired) electrons. The Morgan fingerprint density at radius 1 is 0.407 bits per heavy atom. The topological polar surface area (TPSA) is 339 Å². The molecule has 5 amide bonds. The third-order valence-electron chi connectivity index (χ3n) is 26.5. The van der Waals surface area contributed by atoms with E-state index in [0.717, 1.165) is 126 Å². The zero-order valence-corrected chi connectivity index (χ0v) is 89.6. The van der Waals surface area contributed by atoms with E-state index in [1.165, 1.54) is 14.2 Å². The van der Waals surface area contributed by atoms with Crippen molar-refractivity contribution < 1.29 is 97.9 Å². The summed E-state index contributed by atoms with van der Waals surface area (Å²) >= 11 is 38.2. The van der Waals surface area contributed by atoms with Gasteiger partial charge in [0.05, 0.1) is 44.5 Å². The van der Waals surface area contributed by atoms with E-state index in [4.69, 9.17) is 95.4 Å². The number of methoxy groups -OCH3 is 2. The third-order valence-corrected chi connectivity index (χ3v) is 27.8. The van der Waals surface area contributed by atoms with E-state index in [-0.39, 0.29) is 146 Å². The van der Waals surface area contributed by atoms with Crippen molar-refractivity contribution in [1.29, 1.82) is 0 Å². The van der Waals surface area contributed by atoms with Gasteiger partial charge in [0.2, 0.25) is 0 Å². The number of carboxylic acids is 2. The minimum Gasteiger partial charge on any atom is -0.870 e. The van der Waals surface area contributed by atoms with Crippen molar-refractivity contribution in [1.82, 2.24) is 25.3 Å². The summed E-state index contributed by atoms with van der Waals surface area (Å²) in [6.07, 6.45) is 15.2. The van der Waals surface area contributed by atoms with E-state index in [2.05, 4.69) is 145 Å². The second-order valence-corrected chi connectivity index (χ2v) is 45.5. The summed E-state index contributed by atoms with van der Waals surface area (Å²) in [5.74, 6) is -2.61. The Morgan fingerprint density at radius 2 is 0.644 bits per heavy atom. The average Bonchev–Trinajstić information content (AvgIpc) is 1.59. The molecular weight excluding hydrogens is 1870 g/mol. The summed E-state index contributed by atoms with van der Waals surface area (Å²) in [7, 11) is 2.58. The number of carbonyl (C=O) groups excluding carboxylic acids is 7. The number of nitrogens with one attached hydrogen (secondary N) is 2. The number of carbonyl (C=O) groups is 9. The number of aromatic carboxylic acids is 1. The maximum atomic E-state index is 14.6. The quantitative estimate of drug-likeness (QED) is 0.0294. The number of halogens is 7.